The lowest BCUT2D eigenvalue weighted by Gasteiger charge is -2.16. The first-order valence-electron chi connectivity index (χ1n) is 13.8. The molecule has 0 bridgehead atoms. The van der Waals surface area contributed by atoms with Crippen LogP contribution in [0.3, 0.4) is 0 Å². The second-order valence-electron chi connectivity index (χ2n) is 10.6. The molecule has 0 spiro atoms. The fourth-order valence-electron chi connectivity index (χ4n) is 6.44. The molecular formula is C34H27N4Si. The lowest BCUT2D eigenvalue weighted by molar-refractivity contribution is 0.661. The molecule has 8 rings (SSSR count). The van der Waals surface area contributed by atoms with Crippen molar-refractivity contribution in [1.29, 1.82) is 0 Å². The van der Waals surface area contributed by atoms with Crippen LogP contribution in [0.4, 0.5) is 0 Å². The molecule has 39 heavy (non-hydrogen) atoms. The van der Waals surface area contributed by atoms with Gasteiger partial charge in [0.05, 0.1) is 5.52 Å². The van der Waals surface area contributed by atoms with E-state index >= 15 is 0 Å². The zero-order valence-corrected chi connectivity index (χ0v) is 22.9. The average molecular weight is 520 g/mol. The van der Waals surface area contributed by atoms with Crippen molar-refractivity contribution in [3.05, 3.63) is 108 Å². The highest BCUT2D eigenvalue weighted by atomic mass is 28.3. The lowest BCUT2D eigenvalue weighted by Crippen LogP contribution is -2.34. The molecule has 1 radical (unpaired) electrons. The predicted octanol–water partition coefficient (Wildman–Crippen LogP) is 6.25. The third kappa shape index (κ3) is 3.53. The monoisotopic (exact) mass is 519 g/mol. The number of rotatable bonds is 3. The summed E-state index contributed by atoms with van der Waals surface area (Å²) >= 11 is 0. The Morgan fingerprint density at radius 2 is 1.28 bits per heavy atom. The third-order valence-electron chi connectivity index (χ3n) is 8.32. The molecule has 1 aliphatic carbocycles. The van der Waals surface area contributed by atoms with Gasteiger partial charge in [0.2, 0.25) is 5.95 Å². The van der Waals surface area contributed by atoms with Gasteiger partial charge in [-0.2, -0.15) is 9.97 Å². The van der Waals surface area contributed by atoms with E-state index in [1.165, 1.54) is 56.5 Å². The predicted molar refractivity (Wildman–Crippen MR) is 160 cm³/mol. The molecule has 3 heterocycles. The van der Waals surface area contributed by atoms with E-state index in [1.54, 1.807) is 0 Å². The second kappa shape index (κ2) is 8.85. The van der Waals surface area contributed by atoms with Crippen LogP contribution in [0, 0.1) is 0 Å². The quantitative estimate of drug-likeness (QED) is 0.260. The Labute approximate surface area is 229 Å². The van der Waals surface area contributed by atoms with Gasteiger partial charge < -0.3 is 0 Å². The van der Waals surface area contributed by atoms with E-state index in [9.17, 15) is 0 Å². The van der Waals surface area contributed by atoms with Gasteiger partial charge in [-0.25, -0.2) is 4.98 Å². The summed E-state index contributed by atoms with van der Waals surface area (Å²) in [5.41, 5.74) is 8.83. The molecule has 4 aromatic carbocycles. The molecule has 0 amide bonds. The summed E-state index contributed by atoms with van der Waals surface area (Å²) in [5.74, 6) is 2.12. The van der Waals surface area contributed by atoms with Crippen molar-refractivity contribution in [2.45, 2.75) is 32.2 Å². The van der Waals surface area contributed by atoms with Gasteiger partial charge in [-0.3, -0.25) is 4.57 Å². The maximum absolute atomic E-state index is 5.13. The summed E-state index contributed by atoms with van der Waals surface area (Å²) in [7, 11) is -0.777. The maximum atomic E-state index is 5.13. The van der Waals surface area contributed by atoms with Crippen LogP contribution in [0.15, 0.2) is 97.1 Å². The van der Waals surface area contributed by atoms with E-state index < -0.39 is 8.80 Å². The number of aromatic nitrogens is 4. The van der Waals surface area contributed by atoms with Gasteiger partial charge in [-0.15, -0.1) is 0 Å². The first-order chi connectivity index (χ1) is 19.3. The molecule has 2 aromatic heterocycles. The average Bonchev–Trinajstić information content (AvgIpc) is 3.48. The van der Waals surface area contributed by atoms with Crippen LogP contribution in [-0.4, -0.2) is 28.3 Å². The maximum Gasteiger partial charge on any atom is 0.238 e. The van der Waals surface area contributed by atoms with Gasteiger partial charge in [0, 0.05) is 22.2 Å². The summed E-state index contributed by atoms with van der Waals surface area (Å²) in [5, 5.41) is 4.43. The van der Waals surface area contributed by atoms with Crippen LogP contribution >= 0.6 is 0 Å². The van der Waals surface area contributed by atoms with E-state index in [1.807, 2.05) is 36.4 Å². The van der Waals surface area contributed by atoms with Crippen molar-refractivity contribution >= 4 is 30.1 Å². The molecule has 0 atom stereocenters. The highest BCUT2D eigenvalue weighted by molar-refractivity contribution is 6.88. The van der Waals surface area contributed by atoms with Crippen molar-refractivity contribution in [3.63, 3.8) is 0 Å². The number of fused-ring (bicyclic) bond motifs is 6. The zero-order chi connectivity index (χ0) is 25.9. The molecule has 1 aliphatic heterocycles. The Balaban J connectivity index is 1.43. The van der Waals surface area contributed by atoms with E-state index in [0.717, 1.165) is 24.0 Å². The van der Waals surface area contributed by atoms with E-state index in [4.69, 9.17) is 15.0 Å². The van der Waals surface area contributed by atoms with Crippen LogP contribution in [0.5, 0.6) is 0 Å². The molecule has 0 saturated carbocycles. The summed E-state index contributed by atoms with van der Waals surface area (Å²) in [4.78, 5) is 15.2. The summed E-state index contributed by atoms with van der Waals surface area (Å²) in [6.07, 6.45) is 4.58. The minimum Gasteiger partial charge on any atom is -0.282 e. The minimum absolute atomic E-state index is 0.705. The lowest BCUT2D eigenvalue weighted by atomic mass is 9.95. The Kier molecular flexibility index (Phi) is 5.13. The molecule has 4 nitrogen and oxygen atoms in total. The zero-order valence-electron chi connectivity index (χ0n) is 21.9. The third-order valence-corrected chi connectivity index (χ3v) is 10.8. The molecule has 0 saturated heterocycles. The van der Waals surface area contributed by atoms with Crippen LogP contribution in [0.2, 0.25) is 6.55 Å². The van der Waals surface area contributed by atoms with Crippen LogP contribution in [-0.2, 0) is 12.8 Å². The second-order valence-corrected chi connectivity index (χ2v) is 12.9. The van der Waals surface area contributed by atoms with Crippen LogP contribution < -0.4 is 10.4 Å². The first-order valence-corrected chi connectivity index (χ1v) is 15.8. The van der Waals surface area contributed by atoms with Gasteiger partial charge >= 0.3 is 0 Å². The van der Waals surface area contributed by atoms with Gasteiger partial charge in [-0.1, -0.05) is 97.5 Å². The van der Waals surface area contributed by atoms with Crippen molar-refractivity contribution in [3.8, 4) is 39.9 Å². The van der Waals surface area contributed by atoms with Crippen molar-refractivity contribution in [2.24, 2.45) is 0 Å². The molecule has 2 aliphatic rings. The highest BCUT2D eigenvalue weighted by Gasteiger charge is 2.30. The number of nitrogens with zero attached hydrogens (tertiary/aromatic N) is 4. The molecular weight excluding hydrogens is 492 g/mol. The minimum atomic E-state index is -0.777. The number of benzene rings is 4. The van der Waals surface area contributed by atoms with Crippen molar-refractivity contribution in [1.82, 2.24) is 19.5 Å². The highest BCUT2D eigenvalue weighted by Crippen LogP contribution is 2.37. The van der Waals surface area contributed by atoms with E-state index in [2.05, 4.69) is 71.8 Å². The fraction of sp³-hybridized carbons (Fsp3) is 0.147. The van der Waals surface area contributed by atoms with Gasteiger partial charge in [-0.05, 0) is 58.8 Å². The molecule has 5 heteroatoms. The Bertz CT molecular complexity index is 1820. The van der Waals surface area contributed by atoms with E-state index in [0.29, 0.717) is 17.6 Å². The SMILES string of the molecule is C[Si]1c2ccccc2-c2cc3c(cc21)c1c(n3-c2nc(-c3ccccc3)nc(-c3ccccc3)n2)CCCC1. The topological polar surface area (TPSA) is 43.6 Å². The molecule has 0 unspecified atom stereocenters. The van der Waals surface area contributed by atoms with Gasteiger partial charge in [0.1, 0.15) is 8.80 Å². The van der Waals surface area contributed by atoms with Gasteiger partial charge in [0.25, 0.3) is 0 Å². The normalized spacial score (nSPS) is 14.3. The van der Waals surface area contributed by atoms with Crippen LogP contribution in [0.1, 0.15) is 24.1 Å². The molecule has 6 aromatic rings. The van der Waals surface area contributed by atoms with Crippen molar-refractivity contribution < 1.29 is 0 Å². The fourth-order valence-corrected chi connectivity index (χ4v) is 8.67. The number of hydrogen-bond acceptors (Lipinski definition) is 3. The summed E-state index contributed by atoms with van der Waals surface area (Å²) in [6, 6.07) is 34.4. The largest absolute Gasteiger partial charge is 0.282 e. The van der Waals surface area contributed by atoms with Crippen molar-refractivity contribution in [2.75, 3.05) is 0 Å². The molecule has 0 fully saturated rings. The van der Waals surface area contributed by atoms with E-state index in [-0.39, 0.29) is 0 Å². The summed E-state index contributed by atoms with van der Waals surface area (Å²) in [6.45, 7) is 2.44. The van der Waals surface area contributed by atoms with Gasteiger partial charge in [0.15, 0.2) is 11.6 Å². The Morgan fingerprint density at radius 3 is 2.00 bits per heavy atom. The number of aryl methyl sites for hydroxylation is 1. The Morgan fingerprint density at radius 1 is 0.641 bits per heavy atom. The first kappa shape index (κ1) is 22.6. The molecule has 187 valence electrons. The Hall–Kier alpha value is -4.35. The molecule has 0 N–H and O–H groups in total. The smallest absolute Gasteiger partial charge is 0.238 e. The summed E-state index contributed by atoms with van der Waals surface area (Å²) < 4.78 is 2.35. The van der Waals surface area contributed by atoms with Crippen LogP contribution in [0.25, 0.3) is 50.8 Å². The number of hydrogen-bond donors (Lipinski definition) is 0. The standard InChI is InChI=1S/C34H27N4Si/c1-39-30-19-11-9-17-25(30)27-20-29-26(21-31(27)39)24-16-8-10-18-28(24)38(29)34-36-32(22-12-4-2-5-13-22)35-33(37-34)23-14-6-3-7-15-23/h2-7,9,11-15,17,19-21H,8,10,16,18H2,1H3.